The number of carbonyl (C=O) groups is 1. The van der Waals surface area contributed by atoms with E-state index in [0.29, 0.717) is 12.0 Å². The summed E-state index contributed by atoms with van der Waals surface area (Å²) < 4.78 is 0. The molecule has 16 heavy (non-hydrogen) atoms. The number of amides is 1. The zero-order valence-electron chi connectivity index (χ0n) is 9.17. The molecule has 0 spiro atoms. The molecule has 0 aromatic heterocycles. The van der Waals surface area contributed by atoms with E-state index in [0.717, 1.165) is 18.5 Å². The highest BCUT2D eigenvalue weighted by molar-refractivity contribution is 5.94. The molecular weight excluding hydrogens is 198 g/mol. The number of hydrogen-bond acceptors (Lipinski definition) is 1. The number of piperidine rings is 1. The second kappa shape index (κ2) is 3.78. The van der Waals surface area contributed by atoms with Gasteiger partial charge in [0, 0.05) is 12.1 Å². The molecule has 1 aliphatic carbocycles. The van der Waals surface area contributed by atoms with Gasteiger partial charge in [-0.05, 0) is 30.9 Å². The van der Waals surface area contributed by atoms with Crippen LogP contribution >= 0.6 is 0 Å². The average molecular weight is 213 g/mol. The number of carbonyl (C=O) groups excluding carboxylic acids is 1. The first kappa shape index (κ1) is 9.64. The molecule has 1 aromatic rings. The Bertz CT molecular complexity index is 424. The molecule has 0 unspecified atom stereocenters. The fourth-order valence-electron chi connectivity index (χ4n) is 2.64. The predicted octanol–water partition coefficient (Wildman–Crippen LogP) is 2.48. The molecule has 2 aliphatic heterocycles. The second-order valence-corrected chi connectivity index (χ2v) is 4.61. The average Bonchev–Trinajstić information content (AvgIpc) is 2.40. The monoisotopic (exact) mass is 213 g/mol. The molecule has 82 valence electrons. The highest BCUT2D eigenvalue weighted by Gasteiger charge is 2.32. The van der Waals surface area contributed by atoms with Crippen LogP contribution in [0.3, 0.4) is 0 Å². The van der Waals surface area contributed by atoms with E-state index in [1.165, 1.54) is 6.42 Å². The van der Waals surface area contributed by atoms with Crippen LogP contribution in [-0.2, 0) is 0 Å². The van der Waals surface area contributed by atoms with Crippen LogP contribution in [0.2, 0.25) is 0 Å². The number of fused-ring (bicyclic) bond motifs is 2. The van der Waals surface area contributed by atoms with E-state index in [1.807, 2.05) is 35.2 Å². The zero-order chi connectivity index (χ0) is 11.0. The molecule has 0 saturated carbocycles. The van der Waals surface area contributed by atoms with Gasteiger partial charge in [0.25, 0.3) is 5.91 Å². The minimum Gasteiger partial charge on any atom is -0.332 e. The van der Waals surface area contributed by atoms with Crippen molar-refractivity contribution in [3.05, 3.63) is 48.0 Å². The predicted molar refractivity (Wildman–Crippen MR) is 63.1 cm³/mol. The van der Waals surface area contributed by atoms with Crippen LogP contribution in [-0.4, -0.2) is 23.4 Å². The van der Waals surface area contributed by atoms with Gasteiger partial charge in [0.2, 0.25) is 0 Å². The van der Waals surface area contributed by atoms with Crippen molar-refractivity contribution in [2.45, 2.75) is 18.9 Å². The van der Waals surface area contributed by atoms with E-state index in [9.17, 15) is 4.79 Å². The Morgan fingerprint density at radius 1 is 1.12 bits per heavy atom. The number of hydrogen-bond donors (Lipinski definition) is 0. The van der Waals surface area contributed by atoms with Crippen molar-refractivity contribution in [1.82, 2.24) is 4.90 Å². The highest BCUT2D eigenvalue weighted by Crippen LogP contribution is 2.30. The Kier molecular flexibility index (Phi) is 2.28. The smallest absolute Gasteiger partial charge is 0.254 e. The molecule has 0 N–H and O–H groups in total. The molecule has 2 nitrogen and oxygen atoms in total. The van der Waals surface area contributed by atoms with Crippen molar-refractivity contribution >= 4 is 5.91 Å². The van der Waals surface area contributed by atoms with E-state index in [1.54, 1.807) is 0 Å². The number of nitrogens with zero attached hydrogens (tertiary/aromatic N) is 1. The van der Waals surface area contributed by atoms with Crippen molar-refractivity contribution in [1.29, 1.82) is 0 Å². The largest absolute Gasteiger partial charge is 0.332 e. The number of rotatable bonds is 1. The minimum atomic E-state index is 0.180. The SMILES string of the molecule is O=C(c1ccccc1)N1C[C@H]2C=C[C@@H]1CC2. The molecule has 1 aromatic carbocycles. The van der Waals surface area contributed by atoms with Gasteiger partial charge in [-0.3, -0.25) is 4.79 Å². The van der Waals surface area contributed by atoms with E-state index in [-0.39, 0.29) is 5.91 Å². The molecule has 1 saturated heterocycles. The fourth-order valence-corrected chi connectivity index (χ4v) is 2.64. The summed E-state index contributed by atoms with van der Waals surface area (Å²) >= 11 is 0. The summed E-state index contributed by atoms with van der Waals surface area (Å²) in [5, 5.41) is 0. The van der Waals surface area contributed by atoms with Gasteiger partial charge in [-0.15, -0.1) is 0 Å². The van der Waals surface area contributed by atoms with Crippen LogP contribution in [0.5, 0.6) is 0 Å². The highest BCUT2D eigenvalue weighted by atomic mass is 16.2. The summed E-state index contributed by atoms with van der Waals surface area (Å²) in [6.45, 7) is 0.898. The van der Waals surface area contributed by atoms with Gasteiger partial charge in [0.1, 0.15) is 0 Å². The van der Waals surface area contributed by atoms with Gasteiger partial charge in [0.15, 0.2) is 0 Å². The maximum Gasteiger partial charge on any atom is 0.254 e. The Morgan fingerprint density at radius 2 is 1.94 bits per heavy atom. The van der Waals surface area contributed by atoms with Gasteiger partial charge in [-0.1, -0.05) is 30.4 Å². The summed E-state index contributed by atoms with van der Waals surface area (Å²) in [5.74, 6) is 0.761. The van der Waals surface area contributed by atoms with Crippen LogP contribution < -0.4 is 0 Å². The lowest BCUT2D eigenvalue weighted by atomic mass is 9.86. The zero-order valence-corrected chi connectivity index (χ0v) is 9.17. The van der Waals surface area contributed by atoms with Crippen LogP contribution in [0.25, 0.3) is 0 Å². The van der Waals surface area contributed by atoms with Gasteiger partial charge in [-0.2, -0.15) is 0 Å². The Labute approximate surface area is 95.6 Å². The Hall–Kier alpha value is -1.57. The van der Waals surface area contributed by atoms with E-state index < -0.39 is 0 Å². The summed E-state index contributed by atoms with van der Waals surface area (Å²) in [6.07, 6.45) is 6.82. The Balaban J connectivity index is 1.84. The molecule has 2 atom stereocenters. The standard InChI is InChI=1S/C14H15NO/c16-14(12-4-2-1-3-5-12)15-10-11-6-8-13(15)9-7-11/h1-6,8,11,13H,7,9-10H2/t11-,13+/m0/s1. The van der Waals surface area contributed by atoms with Crippen LogP contribution in [0.1, 0.15) is 23.2 Å². The first-order valence-electron chi connectivity index (χ1n) is 5.89. The van der Waals surface area contributed by atoms with Gasteiger partial charge < -0.3 is 4.90 Å². The molecule has 1 amide bonds. The lowest BCUT2D eigenvalue weighted by molar-refractivity contribution is 0.0599. The molecule has 2 heterocycles. The maximum atomic E-state index is 12.3. The van der Waals surface area contributed by atoms with Crippen molar-refractivity contribution in [2.75, 3.05) is 6.54 Å². The van der Waals surface area contributed by atoms with Gasteiger partial charge in [-0.25, -0.2) is 0 Å². The molecule has 1 fully saturated rings. The van der Waals surface area contributed by atoms with Crippen LogP contribution in [0.15, 0.2) is 42.5 Å². The third-order valence-electron chi connectivity index (χ3n) is 3.55. The van der Waals surface area contributed by atoms with Crippen molar-refractivity contribution in [3.8, 4) is 0 Å². The molecule has 2 bridgehead atoms. The van der Waals surface area contributed by atoms with E-state index >= 15 is 0 Å². The minimum absolute atomic E-state index is 0.180. The topological polar surface area (TPSA) is 20.3 Å². The number of benzene rings is 1. The van der Waals surface area contributed by atoms with Crippen molar-refractivity contribution in [2.24, 2.45) is 5.92 Å². The fraction of sp³-hybridized carbons (Fsp3) is 0.357. The van der Waals surface area contributed by atoms with Crippen LogP contribution in [0.4, 0.5) is 0 Å². The summed E-state index contributed by atoms with van der Waals surface area (Å²) in [5.41, 5.74) is 0.809. The second-order valence-electron chi connectivity index (χ2n) is 4.61. The normalized spacial score (nSPS) is 27.1. The van der Waals surface area contributed by atoms with E-state index in [4.69, 9.17) is 0 Å². The molecular formula is C14H15NO. The summed E-state index contributed by atoms with van der Waals surface area (Å²) in [6, 6.07) is 9.91. The molecule has 2 heteroatoms. The first-order valence-corrected chi connectivity index (χ1v) is 5.89. The van der Waals surface area contributed by atoms with E-state index in [2.05, 4.69) is 12.2 Å². The molecule has 0 radical (unpaired) electrons. The quantitative estimate of drug-likeness (QED) is 0.656. The Morgan fingerprint density at radius 3 is 2.50 bits per heavy atom. The molecule has 4 rings (SSSR count). The summed E-state index contributed by atoms with van der Waals surface area (Å²) in [7, 11) is 0. The maximum absolute atomic E-state index is 12.3. The van der Waals surface area contributed by atoms with Gasteiger partial charge in [0.05, 0.1) is 6.04 Å². The lowest BCUT2D eigenvalue weighted by Gasteiger charge is -2.41. The first-order chi connectivity index (χ1) is 7.84. The van der Waals surface area contributed by atoms with Crippen molar-refractivity contribution < 1.29 is 4.79 Å². The summed E-state index contributed by atoms with van der Waals surface area (Å²) in [4.78, 5) is 14.3. The lowest BCUT2D eigenvalue weighted by Crippen LogP contribution is -2.48. The molecule has 3 aliphatic rings. The third-order valence-corrected chi connectivity index (χ3v) is 3.55. The van der Waals surface area contributed by atoms with Crippen molar-refractivity contribution in [3.63, 3.8) is 0 Å². The van der Waals surface area contributed by atoms with Gasteiger partial charge >= 0.3 is 0 Å². The van der Waals surface area contributed by atoms with Crippen LogP contribution in [0, 0.1) is 5.92 Å². The third kappa shape index (κ3) is 1.54.